The number of hydrogen-bond acceptors (Lipinski definition) is 3. The van der Waals surface area contributed by atoms with Crippen molar-refractivity contribution in [3.63, 3.8) is 0 Å². The molecule has 1 unspecified atom stereocenters. The highest BCUT2D eigenvalue weighted by Gasteiger charge is 2.22. The summed E-state index contributed by atoms with van der Waals surface area (Å²) < 4.78 is 14.7. The molecular weight excluding hydrogens is 315 g/mol. The van der Waals surface area contributed by atoms with E-state index in [1.54, 1.807) is 17.1 Å². The number of piperidine rings is 1. The van der Waals surface area contributed by atoms with Crippen LogP contribution < -0.4 is 4.90 Å². The van der Waals surface area contributed by atoms with E-state index < -0.39 is 0 Å². The van der Waals surface area contributed by atoms with Crippen LogP contribution in [0.1, 0.15) is 24.0 Å². The number of alkyl halides is 1. The van der Waals surface area contributed by atoms with Gasteiger partial charge in [-0.05, 0) is 12.8 Å². The largest absolute Gasteiger partial charge is 0.370 e. The second-order valence-corrected chi connectivity index (χ2v) is 6.17. The topological polar surface area (TPSA) is 34.0 Å². The molecule has 0 bridgehead atoms. The van der Waals surface area contributed by atoms with Gasteiger partial charge >= 0.3 is 0 Å². The summed E-state index contributed by atoms with van der Waals surface area (Å²) in [5.41, 5.74) is 2.57. The van der Waals surface area contributed by atoms with Crippen molar-refractivity contribution in [3.05, 3.63) is 40.9 Å². The first-order valence-electron chi connectivity index (χ1n) is 7.63. The van der Waals surface area contributed by atoms with E-state index in [-0.39, 0.29) is 12.6 Å². The molecule has 1 atom stereocenters. The molecule has 23 heavy (non-hydrogen) atoms. The van der Waals surface area contributed by atoms with Crippen LogP contribution in [0.3, 0.4) is 0 Å². The predicted octanol–water partition coefficient (Wildman–Crippen LogP) is 3.05. The predicted molar refractivity (Wildman–Crippen MR) is 89.3 cm³/mol. The van der Waals surface area contributed by atoms with Gasteiger partial charge in [-0.25, -0.2) is 4.98 Å². The summed E-state index contributed by atoms with van der Waals surface area (Å²) in [7, 11) is 1.85. The van der Waals surface area contributed by atoms with Gasteiger partial charge in [-0.3, -0.25) is 9.07 Å². The van der Waals surface area contributed by atoms with Crippen LogP contribution in [0.25, 0.3) is 0 Å². The van der Waals surface area contributed by atoms with Crippen LogP contribution in [-0.4, -0.2) is 34.5 Å². The van der Waals surface area contributed by atoms with Crippen molar-refractivity contribution in [1.29, 1.82) is 0 Å². The fraction of sp³-hybridized carbons (Fsp3) is 0.412. The van der Waals surface area contributed by atoms with E-state index >= 15 is 0 Å². The minimum Gasteiger partial charge on any atom is -0.370 e. The van der Waals surface area contributed by atoms with Crippen LogP contribution in [0, 0.1) is 17.8 Å². The zero-order valence-corrected chi connectivity index (χ0v) is 13.7. The molecule has 120 valence electrons. The molecule has 2 aromatic rings. The zero-order valence-electron chi connectivity index (χ0n) is 13.0. The lowest BCUT2D eigenvalue weighted by Crippen LogP contribution is -2.36. The first-order valence-corrected chi connectivity index (χ1v) is 8.00. The van der Waals surface area contributed by atoms with Gasteiger partial charge in [0, 0.05) is 44.5 Å². The summed E-state index contributed by atoms with van der Waals surface area (Å²) in [6, 6.07) is 1.81. The van der Waals surface area contributed by atoms with Gasteiger partial charge in [0.2, 0.25) is 0 Å². The highest BCUT2D eigenvalue weighted by Crippen LogP contribution is 2.28. The minimum atomic E-state index is -0.286. The Morgan fingerprint density at radius 2 is 2.26 bits per heavy atom. The standard InChI is InChI=1S/C17H18ClFN4/c1-22-11-14(9-21-22)4-5-15-10-20-17(18)7-16(15)23-6-2-3-13(8-19)12-23/h7,9-11,13H,2-3,6,8,12H2,1H3. The maximum absolute atomic E-state index is 13.0. The van der Waals surface area contributed by atoms with Gasteiger partial charge in [0.1, 0.15) is 5.15 Å². The third kappa shape index (κ3) is 3.83. The number of hydrogen-bond donors (Lipinski definition) is 0. The molecular formula is C17H18ClFN4. The van der Waals surface area contributed by atoms with Crippen molar-refractivity contribution in [2.75, 3.05) is 24.7 Å². The summed E-state index contributed by atoms with van der Waals surface area (Å²) in [5.74, 6) is 6.31. The highest BCUT2D eigenvalue weighted by molar-refractivity contribution is 6.29. The molecule has 2 aromatic heterocycles. The van der Waals surface area contributed by atoms with Crippen molar-refractivity contribution < 1.29 is 4.39 Å². The van der Waals surface area contributed by atoms with Crippen LogP contribution >= 0.6 is 11.6 Å². The summed E-state index contributed by atoms with van der Waals surface area (Å²) >= 11 is 6.05. The summed E-state index contributed by atoms with van der Waals surface area (Å²) in [4.78, 5) is 6.29. The number of pyridine rings is 1. The van der Waals surface area contributed by atoms with Gasteiger partial charge in [0.25, 0.3) is 0 Å². The van der Waals surface area contributed by atoms with Crippen molar-refractivity contribution in [3.8, 4) is 11.8 Å². The van der Waals surface area contributed by atoms with Gasteiger partial charge < -0.3 is 4.90 Å². The second-order valence-electron chi connectivity index (χ2n) is 5.79. The third-order valence-electron chi connectivity index (χ3n) is 3.97. The number of aromatic nitrogens is 3. The average molecular weight is 333 g/mol. The molecule has 4 nitrogen and oxygen atoms in total. The summed E-state index contributed by atoms with van der Waals surface area (Å²) in [6.45, 7) is 1.29. The Morgan fingerprint density at radius 1 is 1.39 bits per heavy atom. The first-order chi connectivity index (χ1) is 11.2. The van der Waals surface area contributed by atoms with E-state index in [1.165, 1.54) is 0 Å². The molecule has 1 aliphatic heterocycles. The molecule has 1 saturated heterocycles. The van der Waals surface area contributed by atoms with E-state index in [1.807, 2.05) is 19.3 Å². The quantitative estimate of drug-likeness (QED) is 0.626. The highest BCUT2D eigenvalue weighted by atomic mass is 35.5. The Bertz CT molecular complexity index is 747. The van der Waals surface area contributed by atoms with Crippen molar-refractivity contribution in [2.45, 2.75) is 12.8 Å². The summed E-state index contributed by atoms with van der Waals surface area (Å²) in [5, 5.41) is 4.53. The van der Waals surface area contributed by atoms with E-state index in [9.17, 15) is 4.39 Å². The minimum absolute atomic E-state index is 0.0785. The maximum Gasteiger partial charge on any atom is 0.131 e. The molecule has 0 aromatic carbocycles. The zero-order chi connectivity index (χ0) is 16.2. The van der Waals surface area contributed by atoms with Crippen LogP contribution in [-0.2, 0) is 7.05 Å². The molecule has 0 spiro atoms. The van der Waals surface area contributed by atoms with Gasteiger partial charge in [-0.2, -0.15) is 5.10 Å². The molecule has 6 heteroatoms. The monoisotopic (exact) mass is 332 g/mol. The van der Waals surface area contributed by atoms with Crippen molar-refractivity contribution in [1.82, 2.24) is 14.8 Å². The Labute approximate surface area is 140 Å². The van der Waals surface area contributed by atoms with Crippen LogP contribution in [0.2, 0.25) is 5.15 Å². The second kappa shape index (κ2) is 7.01. The van der Waals surface area contributed by atoms with Gasteiger partial charge in [0.15, 0.2) is 0 Å². The Balaban J connectivity index is 1.90. The number of aryl methyl sites for hydroxylation is 1. The van der Waals surface area contributed by atoms with E-state index in [0.29, 0.717) is 11.7 Å². The molecule has 0 radical (unpaired) electrons. The lowest BCUT2D eigenvalue weighted by atomic mass is 9.98. The molecule has 1 aliphatic rings. The van der Waals surface area contributed by atoms with Crippen molar-refractivity contribution >= 4 is 17.3 Å². The van der Waals surface area contributed by atoms with Crippen LogP contribution in [0.15, 0.2) is 24.7 Å². The van der Waals surface area contributed by atoms with E-state index in [2.05, 4.69) is 26.8 Å². The number of halogens is 2. The molecule has 3 rings (SSSR count). The van der Waals surface area contributed by atoms with E-state index in [4.69, 9.17) is 11.6 Å². The number of nitrogens with zero attached hydrogens (tertiary/aromatic N) is 4. The molecule has 1 fully saturated rings. The maximum atomic E-state index is 13.0. The SMILES string of the molecule is Cn1cc(C#Cc2cnc(Cl)cc2N2CCCC(CF)C2)cn1. The van der Waals surface area contributed by atoms with Crippen molar-refractivity contribution in [2.24, 2.45) is 13.0 Å². The van der Waals surface area contributed by atoms with Gasteiger partial charge in [-0.1, -0.05) is 23.4 Å². The normalized spacial score (nSPS) is 17.7. The number of rotatable bonds is 2. The average Bonchev–Trinajstić information content (AvgIpc) is 2.99. The third-order valence-corrected chi connectivity index (χ3v) is 4.18. The first kappa shape index (κ1) is 15.8. The fourth-order valence-corrected chi connectivity index (χ4v) is 2.97. The van der Waals surface area contributed by atoms with Crippen LogP contribution in [0.5, 0.6) is 0 Å². The molecule has 0 saturated carbocycles. The molecule has 0 N–H and O–H groups in total. The smallest absolute Gasteiger partial charge is 0.131 e. The lowest BCUT2D eigenvalue weighted by Gasteiger charge is -2.33. The molecule has 0 amide bonds. The summed E-state index contributed by atoms with van der Waals surface area (Å²) in [6.07, 6.45) is 7.17. The molecule has 3 heterocycles. The Hall–Kier alpha value is -2.06. The Kier molecular flexibility index (Phi) is 4.82. The van der Waals surface area contributed by atoms with Gasteiger partial charge in [0.05, 0.1) is 29.7 Å². The fourth-order valence-electron chi connectivity index (χ4n) is 2.81. The molecule has 0 aliphatic carbocycles. The van der Waals surface area contributed by atoms with Crippen LogP contribution in [0.4, 0.5) is 10.1 Å². The van der Waals surface area contributed by atoms with Gasteiger partial charge in [-0.15, -0.1) is 0 Å². The Morgan fingerprint density at radius 3 is 3.00 bits per heavy atom. The number of anilines is 1. The van der Waals surface area contributed by atoms with E-state index in [0.717, 1.165) is 36.2 Å². The lowest BCUT2D eigenvalue weighted by molar-refractivity contribution is 0.316.